The van der Waals surface area contributed by atoms with Gasteiger partial charge >= 0.3 is 0 Å². The summed E-state index contributed by atoms with van der Waals surface area (Å²) in [7, 11) is 0. The number of carbonyl (C=O) groups is 1. The lowest BCUT2D eigenvalue weighted by Crippen LogP contribution is -2.29. The van der Waals surface area contributed by atoms with E-state index in [-0.39, 0.29) is 18.4 Å². The monoisotopic (exact) mass is 352 g/mol. The van der Waals surface area contributed by atoms with Crippen molar-refractivity contribution in [1.82, 2.24) is 20.1 Å². The topological polar surface area (TPSA) is 62.7 Å². The predicted molar refractivity (Wildman–Crippen MR) is 99.7 cm³/mol. The molecule has 2 N–H and O–H groups in total. The van der Waals surface area contributed by atoms with Crippen molar-refractivity contribution in [3.05, 3.63) is 82.4 Å². The van der Waals surface area contributed by atoms with Crippen LogP contribution in [0.5, 0.6) is 0 Å². The molecule has 0 aliphatic carbocycles. The van der Waals surface area contributed by atoms with E-state index in [1.807, 2.05) is 72.2 Å². The second kappa shape index (κ2) is 7.90. The second-order valence-electron chi connectivity index (χ2n) is 5.89. The van der Waals surface area contributed by atoms with E-state index in [1.165, 1.54) is 0 Å². The van der Waals surface area contributed by atoms with Crippen molar-refractivity contribution in [2.24, 2.45) is 0 Å². The Morgan fingerprint density at radius 2 is 1.80 bits per heavy atom. The van der Waals surface area contributed by atoms with Crippen LogP contribution in [0.3, 0.4) is 0 Å². The molecule has 0 fully saturated rings. The van der Waals surface area contributed by atoms with Crippen molar-refractivity contribution in [3.63, 3.8) is 0 Å². The molecule has 0 bridgehead atoms. The normalized spacial score (nSPS) is 11.9. The Morgan fingerprint density at radius 3 is 2.48 bits per heavy atom. The van der Waals surface area contributed by atoms with E-state index >= 15 is 0 Å². The number of amides is 1. The minimum atomic E-state index is -0.0836. The fourth-order valence-electron chi connectivity index (χ4n) is 2.68. The number of benzene rings is 2. The Kier molecular flexibility index (Phi) is 5.40. The zero-order valence-electron chi connectivity index (χ0n) is 14.0. The number of hydrogen-bond acceptors (Lipinski definition) is 3. The Bertz CT molecular complexity index is 887. The predicted octanol–water partition coefficient (Wildman–Crippen LogP) is 3.41. The summed E-state index contributed by atoms with van der Waals surface area (Å²) in [5.41, 5.74) is 2.18. The lowest BCUT2D eigenvalue weighted by molar-refractivity contribution is -0.121. The number of nitrogens with zero attached hydrogens (tertiary/aromatic N) is 2. The van der Waals surface area contributed by atoms with E-state index in [0.717, 1.165) is 11.1 Å². The van der Waals surface area contributed by atoms with Crippen LogP contribution in [0, 0.1) is 4.77 Å². The molecule has 1 aromatic heterocycles. The molecule has 25 heavy (non-hydrogen) atoms. The summed E-state index contributed by atoms with van der Waals surface area (Å²) in [6.07, 6.45) is 0.178. The van der Waals surface area contributed by atoms with Crippen LogP contribution in [0.4, 0.5) is 0 Å². The van der Waals surface area contributed by atoms with Gasteiger partial charge in [-0.2, -0.15) is 5.10 Å². The van der Waals surface area contributed by atoms with Gasteiger partial charge in [0, 0.05) is 0 Å². The van der Waals surface area contributed by atoms with E-state index < -0.39 is 0 Å². The smallest absolute Gasteiger partial charge is 0.228 e. The van der Waals surface area contributed by atoms with E-state index in [4.69, 9.17) is 12.2 Å². The van der Waals surface area contributed by atoms with E-state index in [2.05, 4.69) is 15.5 Å². The average Bonchev–Trinajstić information content (AvgIpc) is 2.96. The Labute approximate surface area is 151 Å². The standard InChI is InChI=1S/C19H20N4OS/c1-14(16-10-6-3-7-11-16)20-18(24)12-17-21-22-19(25)23(17)13-15-8-4-2-5-9-15/h2-11,14H,12-13H2,1H3,(H,20,24)(H,22,25)/t14-/m0/s1. The summed E-state index contributed by atoms with van der Waals surface area (Å²) in [4.78, 5) is 12.4. The van der Waals surface area contributed by atoms with Crippen molar-refractivity contribution in [2.75, 3.05) is 0 Å². The van der Waals surface area contributed by atoms with Crippen molar-refractivity contribution in [3.8, 4) is 0 Å². The number of aromatic nitrogens is 3. The highest BCUT2D eigenvalue weighted by atomic mass is 32.1. The molecule has 0 radical (unpaired) electrons. The fourth-order valence-corrected chi connectivity index (χ4v) is 2.89. The van der Waals surface area contributed by atoms with Crippen molar-refractivity contribution >= 4 is 18.1 Å². The summed E-state index contributed by atoms with van der Waals surface area (Å²) in [6.45, 7) is 2.56. The highest BCUT2D eigenvalue weighted by Gasteiger charge is 2.14. The van der Waals surface area contributed by atoms with E-state index in [0.29, 0.717) is 17.1 Å². The van der Waals surface area contributed by atoms with Gasteiger partial charge in [0.1, 0.15) is 5.82 Å². The molecular formula is C19H20N4OS. The molecule has 2 aromatic carbocycles. The zero-order valence-corrected chi connectivity index (χ0v) is 14.8. The molecule has 1 heterocycles. The van der Waals surface area contributed by atoms with Gasteiger partial charge in [-0.05, 0) is 30.3 Å². The van der Waals surface area contributed by atoms with Gasteiger partial charge in [-0.3, -0.25) is 14.5 Å². The van der Waals surface area contributed by atoms with Gasteiger partial charge in [-0.15, -0.1) is 0 Å². The number of rotatable bonds is 6. The number of aromatic amines is 1. The summed E-state index contributed by atoms with van der Waals surface area (Å²) in [6, 6.07) is 19.8. The van der Waals surface area contributed by atoms with Gasteiger partial charge in [0.15, 0.2) is 4.77 Å². The number of H-pyrrole nitrogens is 1. The lowest BCUT2D eigenvalue weighted by atomic mass is 10.1. The van der Waals surface area contributed by atoms with Crippen molar-refractivity contribution in [2.45, 2.75) is 25.9 Å². The summed E-state index contributed by atoms with van der Waals surface area (Å²) in [5, 5.41) is 10.0. The van der Waals surface area contributed by atoms with Gasteiger partial charge in [0.25, 0.3) is 0 Å². The average molecular weight is 352 g/mol. The quantitative estimate of drug-likeness (QED) is 0.668. The van der Waals surface area contributed by atoms with Crippen LogP contribution in [0.25, 0.3) is 0 Å². The summed E-state index contributed by atoms with van der Waals surface area (Å²) in [5.74, 6) is 0.547. The van der Waals surface area contributed by atoms with E-state index in [1.54, 1.807) is 0 Å². The van der Waals surface area contributed by atoms with Gasteiger partial charge in [0.2, 0.25) is 5.91 Å². The van der Waals surface area contributed by atoms with Crippen LogP contribution in [-0.4, -0.2) is 20.7 Å². The number of hydrogen-bond donors (Lipinski definition) is 2. The summed E-state index contributed by atoms with van der Waals surface area (Å²) >= 11 is 5.30. The van der Waals surface area contributed by atoms with Gasteiger partial charge < -0.3 is 5.32 Å². The highest BCUT2D eigenvalue weighted by molar-refractivity contribution is 7.71. The highest BCUT2D eigenvalue weighted by Crippen LogP contribution is 2.12. The molecule has 128 valence electrons. The molecule has 0 unspecified atom stereocenters. The number of nitrogens with one attached hydrogen (secondary N) is 2. The largest absolute Gasteiger partial charge is 0.349 e. The third-order valence-corrected chi connectivity index (χ3v) is 4.33. The molecule has 0 spiro atoms. The Hall–Kier alpha value is -2.73. The van der Waals surface area contributed by atoms with Crippen LogP contribution in [0.1, 0.15) is 29.9 Å². The van der Waals surface area contributed by atoms with Crippen LogP contribution in [0.2, 0.25) is 0 Å². The van der Waals surface area contributed by atoms with Crippen LogP contribution >= 0.6 is 12.2 Å². The van der Waals surface area contributed by atoms with Crippen LogP contribution in [0.15, 0.2) is 60.7 Å². The SMILES string of the molecule is C[C@H](NC(=O)Cc1n[nH]c(=S)n1Cc1ccccc1)c1ccccc1. The molecule has 6 heteroatoms. The zero-order chi connectivity index (χ0) is 17.6. The maximum Gasteiger partial charge on any atom is 0.228 e. The molecule has 0 saturated carbocycles. The fraction of sp³-hybridized carbons (Fsp3) is 0.211. The van der Waals surface area contributed by atoms with Crippen molar-refractivity contribution in [1.29, 1.82) is 0 Å². The number of carbonyl (C=O) groups excluding carboxylic acids is 1. The third-order valence-electron chi connectivity index (χ3n) is 4.02. The first-order valence-electron chi connectivity index (χ1n) is 8.16. The maximum absolute atomic E-state index is 12.4. The third kappa shape index (κ3) is 4.42. The summed E-state index contributed by atoms with van der Waals surface area (Å²) < 4.78 is 2.38. The second-order valence-corrected chi connectivity index (χ2v) is 6.28. The Balaban J connectivity index is 1.69. The first-order valence-corrected chi connectivity index (χ1v) is 8.56. The van der Waals surface area contributed by atoms with E-state index in [9.17, 15) is 4.79 Å². The van der Waals surface area contributed by atoms with Gasteiger partial charge in [-0.25, -0.2) is 0 Å². The molecule has 3 aromatic rings. The van der Waals surface area contributed by atoms with Crippen molar-refractivity contribution < 1.29 is 4.79 Å². The lowest BCUT2D eigenvalue weighted by Gasteiger charge is -2.14. The first kappa shape index (κ1) is 17.1. The van der Waals surface area contributed by atoms with Crippen LogP contribution < -0.4 is 5.32 Å². The minimum absolute atomic E-state index is 0.0572. The molecule has 0 aliphatic heterocycles. The molecule has 1 amide bonds. The maximum atomic E-state index is 12.4. The minimum Gasteiger partial charge on any atom is -0.349 e. The molecule has 3 rings (SSSR count). The molecule has 0 saturated heterocycles. The van der Waals surface area contributed by atoms with Gasteiger partial charge in [-0.1, -0.05) is 60.7 Å². The molecule has 5 nitrogen and oxygen atoms in total. The molecular weight excluding hydrogens is 332 g/mol. The molecule has 0 aliphatic rings. The molecule has 1 atom stereocenters. The Morgan fingerprint density at radius 1 is 1.16 bits per heavy atom. The van der Waals surface area contributed by atoms with Crippen LogP contribution in [-0.2, 0) is 17.8 Å². The van der Waals surface area contributed by atoms with Gasteiger partial charge in [0.05, 0.1) is 19.0 Å². The first-order chi connectivity index (χ1) is 12.1.